The van der Waals surface area contributed by atoms with Crippen LogP contribution in [0.2, 0.25) is 0 Å². The third kappa shape index (κ3) is 1.27. The normalized spacial score (nSPS) is 36.9. The molecule has 1 aliphatic rings. The average molecular weight is 132 g/mol. The highest BCUT2D eigenvalue weighted by Gasteiger charge is 2.28. The molecule has 1 heterocycles. The predicted octanol–water partition coefficient (Wildman–Crippen LogP) is -1.69. The Bertz CT molecular complexity index is 122. The van der Waals surface area contributed by atoms with Crippen molar-refractivity contribution in [2.45, 2.75) is 12.2 Å². The highest BCUT2D eigenvalue weighted by atomic mass is 16.5. The van der Waals surface area contributed by atoms with Crippen molar-refractivity contribution >= 4 is 5.78 Å². The number of hydrogen-bond acceptors (Lipinski definition) is 4. The third-order valence-corrected chi connectivity index (χ3v) is 1.23. The number of carbonyl (C=O) groups is 1. The van der Waals surface area contributed by atoms with Gasteiger partial charge in [-0.25, -0.2) is 0 Å². The Kier molecular flexibility index (Phi) is 1.80. The van der Waals surface area contributed by atoms with Crippen LogP contribution in [0.1, 0.15) is 0 Å². The molecule has 2 N–H and O–H groups in total. The van der Waals surface area contributed by atoms with E-state index in [9.17, 15) is 4.79 Å². The van der Waals surface area contributed by atoms with Crippen LogP contribution in [0, 0.1) is 0 Å². The van der Waals surface area contributed by atoms with Gasteiger partial charge in [-0.2, -0.15) is 0 Å². The summed E-state index contributed by atoms with van der Waals surface area (Å²) >= 11 is 0. The number of Topliss-reactive ketones (excluding diaryl/α,β-unsaturated/α-hetero) is 1. The molecule has 4 nitrogen and oxygen atoms in total. The van der Waals surface area contributed by atoms with E-state index in [4.69, 9.17) is 10.2 Å². The lowest BCUT2D eigenvalue weighted by molar-refractivity contribution is -0.151. The van der Waals surface area contributed by atoms with Crippen LogP contribution in [0.15, 0.2) is 0 Å². The number of rotatable bonds is 0. The van der Waals surface area contributed by atoms with E-state index in [1.807, 2.05) is 0 Å². The smallest absolute Gasteiger partial charge is 0.189 e. The predicted molar refractivity (Wildman–Crippen MR) is 27.8 cm³/mol. The number of aliphatic hydroxyl groups excluding tert-OH is 2. The highest BCUT2D eigenvalue weighted by molar-refractivity contribution is 5.85. The second-order valence-electron chi connectivity index (χ2n) is 1.99. The third-order valence-electron chi connectivity index (χ3n) is 1.23. The molecule has 0 aromatic carbocycles. The molecule has 1 aliphatic heterocycles. The van der Waals surface area contributed by atoms with E-state index in [1.54, 1.807) is 0 Å². The van der Waals surface area contributed by atoms with E-state index in [1.165, 1.54) is 0 Å². The zero-order chi connectivity index (χ0) is 6.85. The summed E-state index contributed by atoms with van der Waals surface area (Å²) in [7, 11) is 0. The summed E-state index contributed by atoms with van der Waals surface area (Å²) in [5.41, 5.74) is 0. The van der Waals surface area contributed by atoms with E-state index < -0.39 is 18.0 Å². The van der Waals surface area contributed by atoms with Gasteiger partial charge in [0.1, 0.15) is 18.8 Å². The molecule has 0 bridgehead atoms. The maximum atomic E-state index is 10.5. The second-order valence-corrected chi connectivity index (χ2v) is 1.99. The summed E-state index contributed by atoms with van der Waals surface area (Å²) in [5, 5.41) is 17.5. The molecule has 0 radical (unpaired) electrons. The van der Waals surface area contributed by atoms with Gasteiger partial charge < -0.3 is 14.9 Å². The number of ether oxygens (including phenoxy) is 1. The summed E-state index contributed by atoms with van der Waals surface area (Å²) in [6, 6.07) is 0. The Morgan fingerprint density at radius 3 is 2.67 bits per heavy atom. The summed E-state index contributed by atoms with van der Waals surface area (Å²) in [6.07, 6.45) is -2.27. The van der Waals surface area contributed by atoms with Gasteiger partial charge in [0.2, 0.25) is 0 Å². The molecule has 1 saturated heterocycles. The minimum Gasteiger partial charge on any atom is -0.388 e. The van der Waals surface area contributed by atoms with E-state index in [0.717, 1.165) is 0 Å². The van der Waals surface area contributed by atoms with E-state index in [2.05, 4.69) is 4.74 Å². The van der Waals surface area contributed by atoms with Crippen LogP contribution >= 0.6 is 0 Å². The standard InChI is InChI=1S/C5H8O4/c6-3-1-9-2-4(7)5(3)8/h3,5-6,8H,1-2H2/t3-,5-/m1/s1. The molecule has 0 aliphatic carbocycles. The first-order valence-electron chi connectivity index (χ1n) is 2.68. The fourth-order valence-electron chi connectivity index (χ4n) is 0.671. The summed E-state index contributed by atoms with van der Waals surface area (Å²) in [6.45, 7) is -0.0366. The molecular weight excluding hydrogens is 124 g/mol. The molecule has 0 aromatic rings. The van der Waals surface area contributed by atoms with E-state index in [0.29, 0.717) is 0 Å². The van der Waals surface area contributed by atoms with Crippen molar-refractivity contribution in [3.05, 3.63) is 0 Å². The number of carbonyl (C=O) groups excluding carboxylic acids is 1. The SMILES string of the molecule is O=C1COC[C@@H](O)[C@H]1O. The van der Waals surface area contributed by atoms with Crippen LogP contribution < -0.4 is 0 Å². The molecule has 9 heavy (non-hydrogen) atoms. The molecule has 0 spiro atoms. The maximum Gasteiger partial charge on any atom is 0.189 e. The second kappa shape index (κ2) is 2.43. The number of ketones is 1. The van der Waals surface area contributed by atoms with Crippen LogP contribution in [0.4, 0.5) is 0 Å². The van der Waals surface area contributed by atoms with Crippen molar-refractivity contribution in [1.29, 1.82) is 0 Å². The van der Waals surface area contributed by atoms with Crippen LogP contribution in [-0.2, 0) is 9.53 Å². The molecule has 0 unspecified atom stereocenters. The molecule has 52 valence electrons. The van der Waals surface area contributed by atoms with Gasteiger partial charge >= 0.3 is 0 Å². The van der Waals surface area contributed by atoms with Crippen LogP contribution in [0.5, 0.6) is 0 Å². The van der Waals surface area contributed by atoms with Gasteiger partial charge in [0.25, 0.3) is 0 Å². The Labute approximate surface area is 52.1 Å². The van der Waals surface area contributed by atoms with Crippen LogP contribution in [0.3, 0.4) is 0 Å². The van der Waals surface area contributed by atoms with Crippen LogP contribution in [0.25, 0.3) is 0 Å². The molecule has 0 amide bonds. The lowest BCUT2D eigenvalue weighted by atomic mass is 10.1. The first kappa shape index (κ1) is 6.67. The molecule has 0 aromatic heterocycles. The van der Waals surface area contributed by atoms with Gasteiger partial charge in [0, 0.05) is 0 Å². The molecule has 1 fully saturated rings. The molecule has 1 rings (SSSR count). The number of hydrogen-bond donors (Lipinski definition) is 2. The summed E-state index contributed by atoms with van der Waals surface area (Å²) in [5.74, 6) is -0.450. The van der Waals surface area contributed by atoms with Crippen molar-refractivity contribution in [1.82, 2.24) is 0 Å². The summed E-state index contributed by atoms with van der Waals surface area (Å²) < 4.78 is 4.60. The monoisotopic (exact) mass is 132 g/mol. The van der Waals surface area contributed by atoms with Gasteiger partial charge in [0.15, 0.2) is 5.78 Å². The first-order chi connectivity index (χ1) is 4.22. The Hall–Kier alpha value is -0.450. The fourth-order valence-corrected chi connectivity index (χ4v) is 0.671. The van der Waals surface area contributed by atoms with E-state index in [-0.39, 0.29) is 13.2 Å². The highest BCUT2D eigenvalue weighted by Crippen LogP contribution is 2.02. The average Bonchev–Trinajstić information content (AvgIpc) is 1.83. The topological polar surface area (TPSA) is 66.8 Å². The van der Waals surface area contributed by atoms with Gasteiger partial charge in [-0.3, -0.25) is 4.79 Å². The van der Waals surface area contributed by atoms with Crippen molar-refractivity contribution in [3.8, 4) is 0 Å². The maximum absolute atomic E-state index is 10.5. The Balaban J connectivity index is 2.51. The summed E-state index contributed by atoms with van der Waals surface area (Å²) in [4.78, 5) is 10.5. The fraction of sp³-hybridized carbons (Fsp3) is 0.800. The van der Waals surface area contributed by atoms with Gasteiger partial charge in [-0.1, -0.05) is 0 Å². The lowest BCUT2D eigenvalue weighted by Gasteiger charge is -2.21. The van der Waals surface area contributed by atoms with Gasteiger partial charge in [-0.15, -0.1) is 0 Å². The number of aliphatic hydroxyl groups is 2. The minimum absolute atomic E-state index is 0.0485. The first-order valence-corrected chi connectivity index (χ1v) is 2.68. The van der Waals surface area contributed by atoms with Gasteiger partial charge in [-0.05, 0) is 0 Å². The van der Waals surface area contributed by atoms with Crippen molar-refractivity contribution in [3.63, 3.8) is 0 Å². The van der Waals surface area contributed by atoms with Gasteiger partial charge in [0.05, 0.1) is 6.61 Å². The van der Waals surface area contributed by atoms with Crippen LogP contribution in [-0.4, -0.2) is 41.4 Å². The molecule has 4 heteroatoms. The molecular formula is C5H8O4. The largest absolute Gasteiger partial charge is 0.388 e. The van der Waals surface area contributed by atoms with E-state index >= 15 is 0 Å². The lowest BCUT2D eigenvalue weighted by Crippen LogP contribution is -2.44. The van der Waals surface area contributed by atoms with Crippen molar-refractivity contribution < 1.29 is 19.7 Å². The quantitative estimate of drug-likeness (QED) is 0.412. The Morgan fingerprint density at radius 2 is 2.22 bits per heavy atom. The molecule has 2 atom stereocenters. The molecule has 0 saturated carbocycles. The van der Waals surface area contributed by atoms with Crippen molar-refractivity contribution in [2.75, 3.05) is 13.2 Å². The Morgan fingerprint density at radius 1 is 1.56 bits per heavy atom. The minimum atomic E-state index is -1.24. The zero-order valence-electron chi connectivity index (χ0n) is 4.78. The van der Waals surface area contributed by atoms with Crippen molar-refractivity contribution in [2.24, 2.45) is 0 Å². The zero-order valence-corrected chi connectivity index (χ0v) is 4.78.